The zero-order chi connectivity index (χ0) is 30.3. The standard InChI is InChI=1S/C20H23N7O5S.C2HF3O2/c1-12-10-14(21)18(19(29)27(12)11-17(28)25-8-9-32-26-20(22)23)33(30,31)16-6-2-5-15-13(16)4-3-7-24-15;3-2(4,5)1(6)7/h2-7,10H,8-9,11,21H2,1H3,(H,25,28)(H4,22,23,26);(H,6,7). The molecule has 0 aliphatic carbocycles. The van der Waals surface area contributed by atoms with E-state index in [0.29, 0.717) is 16.6 Å². The lowest BCUT2D eigenvalue weighted by atomic mass is 10.2. The van der Waals surface area contributed by atoms with Crippen molar-refractivity contribution < 1.29 is 41.1 Å². The monoisotopic (exact) mass is 587 g/mol. The summed E-state index contributed by atoms with van der Waals surface area (Å²) in [6.07, 6.45) is -3.55. The average Bonchev–Trinajstić information content (AvgIpc) is 2.85. The Morgan fingerprint density at radius 3 is 2.45 bits per heavy atom. The van der Waals surface area contributed by atoms with Crippen LogP contribution >= 0.6 is 0 Å². The molecule has 0 aliphatic heterocycles. The molecule has 216 valence electrons. The summed E-state index contributed by atoms with van der Waals surface area (Å²) < 4.78 is 59.7. The summed E-state index contributed by atoms with van der Waals surface area (Å²) in [7, 11) is -4.32. The number of oxime groups is 1. The number of anilines is 1. The topological polar surface area (TPSA) is 235 Å². The van der Waals surface area contributed by atoms with E-state index in [1.54, 1.807) is 25.1 Å². The minimum absolute atomic E-state index is 0.00595. The molecule has 0 bridgehead atoms. The van der Waals surface area contributed by atoms with E-state index in [4.69, 9.17) is 31.9 Å². The number of hydrogen-bond acceptors (Lipinski definition) is 9. The first-order valence-electron chi connectivity index (χ1n) is 10.9. The molecule has 1 amide bonds. The van der Waals surface area contributed by atoms with E-state index < -0.39 is 44.9 Å². The van der Waals surface area contributed by atoms with Crippen molar-refractivity contribution in [1.29, 1.82) is 0 Å². The number of nitrogen functional groups attached to an aromatic ring is 1. The second-order valence-corrected chi connectivity index (χ2v) is 9.65. The van der Waals surface area contributed by atoms with Gasteiger partial charge in [0.25, 0.3) is 5.56 Å². The Bertz CT molecular complexity index is 1600. The number of carboxylic acid groups (broad SMARTS) is 1. The smallest absolute Gasteiger partial charge is 0.475 e. The summed E-state index contributed by atoms with van der Waals surface area (Å²) in [6.45, 7) is 1.18. The number of benzene rings is 1. The highest BCUT2D eigenvalue weighted by molar-refractivity contribution is 7.91. The second-order valence-electron chi connectivity index (χ2n) is 7.79. The molecule has 40 heavy (non-hydrogen) atoms. The first-order valence-corrected chi connectivity index (χ1v) is 12.4. The van der Waals surface area contributed by atoms with Gasteiger partial charge in [-0.3, -0.25) is 14.6 Å². The molecule has 1 aromatic carbocycles. The number of fused-ring (bicyclic) bond motifs is 1. The third kappa shape index (κ3) is 7.82. The Balaban J connectivity index is 0.000000708. The summed E-state index contributed by atoms with van der Waals surface area (Å²) in [6, 6.07) is 9.10. The quantitative estimate of drug-likeness (QED) is 0.102. The molecule has 18 heteroatoms. The first kappa shape index (κ1) is 31.3. The van der Waals surface area contributed by atoms with E-state index in [-0.39, 0.29) is 29.7 Å². The molecule has 0 spiro atoms. The number of carbonyl (C=O) groups excluding carboxylic acids is 1. The van der Waals surface area contributed by atoms with Gasteiger partial charge in [-0.15, -0.1) is 0 Å². The normalized spacial score (nSPS) is 11.2. The SMILES string of the molecule is Cc1cc(N)c(S(=O)(=O)c2cccc3ncccc23)c(=O)n1CC(=O)NCCON=C(N)N.O=C(O)C(F)(F)F. The van der Waals surface area contributed by atoms with Gasteiger partial charge in [0.05, 0.1) is 22.6 Å². The summed E-state index contributed by atoms with van der Waals surface area (Å²) >= 11 is 0. The molecule has 0 saturated heterocycles. The van der Waals surface area contributed by atoms with Crippen LogP contribution in [0.25, 0.3) is 10.9 Å². The van der Waals surface area contributed by atoms with Crippen molar-refractivity contribution in [2.75, 3.05) is 18.9 Å². The summed E-state index contributed by atoms with van der Waals surface area (Å²) in [5.41, 5.74) is 15.9. The van der Waals surface area contributed by atoms with Crippen LogP contribution in [0.4, 0.5) is 18.9 Å². The number of aliphatic carboxylic acids is 1. The number of hydrogen-bond donors (Lipinski definition) is 5. The molecule has 0 aliphatic rings. The first-order chi connectivity index (χ1) is 18.6. The Hall–Kier alpha value is -4.87. The van der Waals surface area contributed by atoms with E-state index in [0.717, 1.165) is 4.57 Å². The van der Waals surface area contributed by atoms with Crippen LogP contribution in [0.15, 0.2) is 62.3 Å². The third-order valence-corrected chi connectivity index (χ3v) is 6.77. The highest BCUT2D eigenvalue weighted by Gasteiger charge is 2.38. The van der Waals surface area contributed by atoms with Crippen molar-refractivity contribution in [2.45, 2.75) is 29.4 Å². The molecule has 0 radical (unpaired) electrons. The number of sulfone groups is 1. The zero-order valence-electron chi connectivity index (χ0n) is 20.7. The highest BCUT2D eigenvalue weighted by Crippen LogP contribution is 2.29. The predicted molar refractivity (Wildman–Crippen MR) is 136 cm³/mol. The number of aryl methyl sites for hydroxylation is 1. The number of aromatic nitrogens is 2. The van der Waals surface area contributed by atoms with E-state index in [2.05, 4.69) is 15.5 Å². The molecule has 2 heterocycles. The number of carbonyl (C=O) groups is 2. The van der Waals surface area contributed by atoms with Gasteiger partial charge >= 0.3 is 12.1 Å². The fourth-order valence-corrected chi connectivity index (χ4v) is 4.87. The number of guanidine groups is 1. The van der Waals surface area contributed by atoms with Crippen LogP contribution in [0.5, 0.6) is 0 Å². The lowest BCUT2D eigenvalue weighted by molar-refractivity contribution is -0.192. The number of rotatable bonds is 8. The van der Waals surface area contributed by atoms with Crippen molar-refractivity contribution >= 4 is 44.3 Å². The highest BCUT2D eigenvalue weighted by atomic mass is 32.2. The Morgan fingerprint density at radius 1 is 1.20 bits per heavy atom. The molecule has 2 aromatic heterocycles. The zero-order valence-corrected chi connectivity index (χ0v) is 21.5. The minimum atomic E-state index is -5.08. The Kier molecular flexibility index (Phi) is 10.0. The van der Waals surface area contributed by atoms with Gasteiger partial charge in [0, 0.05) is 17.3 Å². The minimum Gasteiger partial charge on any atom is -0.475 e. The molecule has 3 aromatic rings. The molecule has 0 atom stereocenters. The van der Waals surface area contributed by atoms with E-state index >= 15 is 0 Å². The van der Waals surface area contributed by atoms with Gasteiger partial charge in [-0.25, -0.2) is 13.2 Å². The summed E-state index contributed by atoms with van der Waals surface area (Å²) in [5.74, 6) is -3.57. The van der Waals surface area contributed by atoms with Gasteiger partial charge in [0.1, 0.15) is 13.2 Å². The van der Waals surface area contributed by atoms with E-state index in [1.165, 1.54) is 24.4 Å². The van der Waals surface area contributed by atoms with E-state index in [1.807, 2.05) is 0 Å². The van der Waals surface area contributed by atoms with Gasteiger partial charge in [0.15, 0.2) is 4.90 Å². The van der Waals surface area contributed by atoms with Crippen molar-refractivity contribution in [2.24, 2.45) is 16.6 Å². The van der Waals surface area contributed by atoms with Crippen molar-refractivity contribution in [3.8, 4) is 0 Å². The molecule has 8 N–H and O–H groups in total. The van der Waals surface area contributed by atoms with Crippen molar-refractivity contribution in [3.63, 3.8) is 0 Å². The molecule has 0 fully saturated rings. The summed E-state index contributed by atoms with van der Waals surface area (Å²) in [5, 5.41) is 13.3. The Labute approximate surface area is 224 Å². The molecule has 0 saturated carbocycles. The third-order valence-electron chi connectivity index (χ3n) is 4.89. The maximum atomic E-state index is 13.5. The van der Waals surface area contributed by atoms with Crippen LogP contribution < -0.4 is 28.1 Å². The van der Waals surface area contributed by atoms with E-state index in [9.17, 15) is 31.2 Å². The lowest BCUT2D eigenvalue weighted by Crippen LogP contribution is -2.37. The number of pyridine rings is 2. The average molecular weight is 588 g/mol. The Morgan fingerprint density at radius 2 is 1.85 bits per heavy atom. The van der Waals surface area contributed by atoms with Crippen molar-refractivity contribution in [3.05, 3.63) is 58.6 Å². The molecule has 3 rings (SSSR count). The van der Waals surface area contributed by atoms with Crippen LogP contribution in [-0.4, -0.2) is 60.2 Å². The fourth-order valence-electron chi connectivity index (χ4n) is 3.22. The maximum Gasteiger partial charge on any atom is 0.490 e. The van der Waals surface area contributed by atoms with Gasteiger partial charge in [-0.2, -0.15) is 13.2 Å². The fraction of sp³-hybridized carbons (Fsp3) is 0.227. The van der Waals surface area contributed by atoms with Crippen LogP contribution in [0, 0.1) is 6.92 Å². The largest absolute Gasteiger partial charge is 0.490 e. The molecular weight excluding hydrogens is 563 g/mol. The molecule has 0 unspecified atom stereocenters. The number of alkyl halides is 3. The number of amides is 1. The number of nitrogens with one attached hydrogen (secondary N) is 1. The molecular formula is C22H24F3N7O7S. The van der Waals surface area contributed by atoms with Gasteiger partial charge in [-0.05, 0) is 42.4 Å². The number of halogens is 3. The van der Waals surface area contributed by atoms with Gasteiger partial charge < -0.3 is 37.0 Å². The number of carboxylic acids is 1. The van der Waals surface area contributed by atoms with Crippen molar-refractivity contribution in [1.82, 2.24) is 14.9 Å². The van der Waals surface area contributed by atoms with Gasteiger partial charge in [-0.1, -0.05) is 6.07 Å². The van der Waals surface area contributed by atoms with Gasteiger partial charge in [0.2, 0.25) is 21.7 Å². The number of nitrogens with zero attached hydrogens (tertiary/aromatic N) is 3. The molecule has 14 nitrogen and oxygen atoms in total. The van der Waals surface area contributed by atoms with Crippen LogP contribution in [0.2, 0.25) is 0 Å². The van der Waals surface area contributed by atoms with Crippen LogP contribution in [-0.2, 0) is 30.8 Å². The second kappa shape index (κ2) is 12.8. The lowest BCUT2D eigenvalue weighted by Gasteiger charge is -2.15. The van der Waals surface area contributed by atoms with Crippen LogP contribution in [0.1, 0.15) is 5.69 Å². The number of nitrogens with two attached hydrogens (primary N) is 3. The van der Waals surface area contributed by atoms with Crippen LogP contribution in [0.3, 0.4) is 0 Å². The summed E-state index contributed by atoms with van der Waals surface area (Å²) in [4.78, 5) is 42.6. The maximum absolute atomic E-state index is 13.5. The predicted octanol–water partition coefficient (Wildman–Crippen LogP) is 0.0744.